The number of benzene rings is 1. The average molecular weight is 437 g/mol. The van der Waals surface area contributed by atoms with Crippen LogP contribution < -0.4 is 5.32 Å². The Hall–Kier alpha value is -2.76. The van der Waals surface area contributed by atoms with Crippen LogP contribution >= 0.6 is 23.1 Å². The van der Waals surface area contributed by atoms with Crippen molar-refractivity contribution in [1.82, 2.24) is 15.3 Å². The van der Waals surface area contributed by atoms with Gasteiger partial charge in [0.05, 0.1) is 33.7 Å². The topological polar surface area (TPSA) is 95.7 Å². The molecule has 8 heteroatoms. The number of carbonyl (C=O) groups excluding carboxylic acids is 2. The molecule has 0 spiro atoms. The summed E-state index contributed by atoms with van der Waals surface area (Å²) in [6.45, 7) is 3.68. The summed E-state index contributed by atoms with van der Waals surface area (Å²) >= 11 is 2.72. The molecule has 0 bridgehead atoms. The highest BCUT2D eigenvalue weighted by atomic mass is 32.2. The molecule has 0 saturated heterocycles. The predicted molar refractivity (Wildman–Crippen MR) is 118 cm³/mol. The maximum Gasteiger partial charge on any atom is 0.228 e. The van der Waals surface area contributed by atoms with Gasteiger partial charge in [0.2, 0.25) is 5.91 Å². The lowest BCUT2D eigenvalue weighted by atomic mass is 10.1. The Morgan fingerprint density at radius 3 is 2.83 bits per heavy atom. The number of nitrogens with one attached hydrogen (secondary N) is 1. The lowest BCUT2D eigenvalue weighted by Gasteiger charge is -2.09. The molecule has 1 N–H and O–H groups in total. The van der Waals surface area contributed by atoms with Crippen LogP contribution in [0.5, 0.6) is 0 Å². The molecule has 1 amide bonds. The summed E-state index contributed by atoms with van der Waals surface area (Å²) in [7, 11) is 0. The molecule has 30 heavy (non-hydrogen) atoms. The monoisotopic (exact) mass is 436 g/mol. The highest BCUT2D eigenvalue weighted by Gasteiger charge is 2.27. The number of nitrogens with zero attached hydrogens (tertiary/aromatic N) is 3. The fourth-order valence-corrected chi connectivity index (χ4v) is 5.04. The van der Waals surface area contributed by atoms with Gasteiger partial charge < -0.3 is 5.32 Å². The number of Topliss-reactive ketones (excluding diaryl/α,β-unsaturated/α-hetero) is 1. The summed E-state index contributed by atoms with van der Waals surface area (Å²) in [5.41, 5.74) is 1.29. The second-order valence-corrected chi connectivity index (χ2v) is 9.42. The summed E-state index contributed by atoms with van der Waals surface area (Å²) in [4.78, 5) is 35.4. The van der Waals surface area contributed by atoms with Gasteiger partial charge in [-0.3, -0.25) is 9.59 Å². The van der Waals surface area contributed by atoms with Crippen molar-refractivity contribution in [3.05, 3.63) is 51.5 Å². The van der Waals surface area contributed by atoms with Crippen LogP contribution in [0.3, 0.4) is 0 Å². The molecule has 2 heterocycles. The Morgan fingerprint density at radius 2 is 2.10 bits per heavy atom. The largest absolute Gasteiger partial charge is 0.353 e. The highest BCUT2D eigenvalue weighted by Crippen LogP contribution is 2.30. The standard InChI is InChI=1S/C22H20N4O2S2/c1-12(21(28)26-15-4-5-15)19-7-8-20(30-19)18(27)11-29-22-16-9-14(10-23)3-6-17(16)24-13(2)25-22/h3,6-9,12,15H,4-5,11H2,1-2H3,(H,26,28)/t12-/m0/s1. The molecule has 0 unspecified atom stereocenters. The van der Waals surface area contributed by atoms with E-state index in [9.17, 15) is 9.59 Å². The molecule has 0 radical (unpaired) electrons. The van der Waals surface area contributed by atoms with E-state index in [4.69, 9.17) is 5.26 Å². The Labute approximate surface area is 182 Å². The molecule has 6 nitrogen and oxygen atoms in total. The number of nitriles is 1. The molecule has 152 valence electrons. The molecule has 1 aliphatic carbocycles. The fraction of sp³-hybridized carbons (Fsp3) is 0.318. The predicted octanol–water partition coefficient (Wildman–Crippen LogP) is 4.23. The van der Waals surface area contributed by atoms with Gasteiger partial charge in [0.25, 0.3) is 0 Å². The second kappa shape index (κ2) is 8.54. The first-order valence-electron chi connectivity index (χ1n) is 9.69. The summed E-state index contributed by atoms with van der Waals surface area (Å²) in [5, 5.41) is 13.6. The zero-order valence-electron chi connectivity index (χ0n) is 16.6. The fourth-order valence-electron chi connectivity index (χ4n) is 3.01. The van der Waals surface area contributed by atoms with Crippen LogP contribution in [-0.2, 0) is 4.79 Å². The van der Waals surface area contributed by atoms with E-state index in [1.165, 1.54) is 23.1 Å². The highest BCUT2D eigenvalue weighted by molar-refractivity contribution is 8.00. The summed E-state index contributed by atoms with van der Waals surface area (Å²) in [5.74, 6) is 0.597. The Balaban J connectivity index is 1.47. The van der Waals surface area contributed by atoms with Crippen molar-refractivity contribution in [2.45, 2.75) is 43.7 Å². The van der Waals surface area contributed by atoms with E-state index in [1.807, 2.05) is 19.9 Å². The number of ketones is 1. The Kier molecular flexibility index (Phi) is 5.84. The molecule has 1 fully saturated rings. The van der Waals surface area contributed by atoms with Gasteiger partial charge in [0, 0.05) is 16.3 Å². The van der Waals surface area contributed by atoms with Gasteiger partial charge in [-0.05, 0) is 57.0 Å². The zero-order valence-corrected chi connectivity index (χ0v) is 18.3. The molecule has 1 aliphatic rings. The molecular formula is C22H20N4O2S2. The smallest absolute Gasteiger partial charge is 0.228 e. The minimum Gasteiger partial charge on any atom is -0.353 e. The van der Waals surface area contributed by atoms with E-state index < -0.39 is 0 Å². The number of aromatic nitrogens is 2. The first kappa shape index (κ1) is 20.5. The van der Waals surface area contributed by atoms with Gasteiger partial charge in [0.1, 0.15) is 10.9 Å². The van der Waals surface area contributed by atoms with E-state index in [-0.39, 0.29) is 23.4 Å². The number of aryl methyl sites for hydroxylation is 1. The van der Waals surface area contributed by atoms with Gasteiger partial charge in [-0.1, -0.05) is 11.8 Å². The first-order valence-corrected chi connectivity index (χ1v) is 11.5. The van der Waals surface area contributed by atoms with Crippen LogP contribution in [0.2, 0.25) is 0 Å². The molecule has 1 saturated carbocycles. The number of thioether (sulfide) groups is 1. The number of carbonyl (C=O) groups is 2. The summed E-state index contributed by atoms with van der Waals surface area (Å²) in [6.07, 6.45) is 2.10. The molecule has 0 aliphatic heterocycles. The van der Waals surface area contributed by atoms with E-state index in [0.29, 0.717) is 27.3 Å². The minimum absolute atomic E-state index is 0.00750. The lowest BCUT2D eigenvalue weighted by Crippen LogP contribution is -2.29. The summed E-state index contributed by atoms with van der Waals surface area (Å²) in [6, 6.07) is 11.4. The number of fused-ring (bicyclic) bond motifs is 1. The molecule has 1 atom stereocenters. The van der Waals surface area contributed by atoms with Crippen molar-refractivity contribution >= 4 is 45.7 Å². The van der Waals surface area contributed by atoms with Crippen molar-refractivity contribution in [3.63, 3.8) is 0 Å². The minimum atomic E-state index is -0.261. The molecule has 1 aromatic carbocycles. The van der Waals surface area contributed by atoms with Crippen molar-refractivity contribution in [2.75, 3.05) is 5.75 Å². The first-order chi connectivity index (χ1) is 14.4. The van der Waals surface area contributed by atoms with Gasteiger partial charge in [-0.15, -0.1) is 11.3 Å². The van der Waals surface area contributed by atoms with E-state index in [1.54, 1.807) is 24.3 Å². The van der Waals surface area contributed by atoms with Crippen molar-refractivity contribution < 1.29 is 9.59 Å². The summed E-state index contributed by atoms with van der Waals surface area (Å²) < 4.78 is 0. The van der Waals surface area contributed by atoms with Gasteiger partial charge in [0.15, 0.2) is 5.78 Å². The van der Waals surface area contributed by atoms with E-state index in [2.05, 4.69) is 21.4 Å². The van der Waals surface area contributed by atoms with Crippen LogP contribution in [0.1, 0.15) is 51.6 Å². The van der Waals surface area contributed by atoms with Gasteiger partial charge in [-0.2, -0.15) is 5.26 Å². The quantitative estimate of drug-likeness (QED) is 0.338. The second-order valence-electron chi connectivity index (χ2n) is 7.34. The lowest BCUT2D eigenvalue weighted by molar-refractivity contribution is -0.122. The third-order valence-electron chi connectivity index (χ3n) is 4.89. The third-order valence-corrected chi connectivity index (χ3v) is 7.19. The van der Waals surface area contributed by atoms with Crippen LogP contribution in [0.4, 0.5) is 0 Å². The Morgan fingerprint density at radius 1 is 1.30 bits per heavy atom. The molecular weight excluding hydrogens is 416 g/mol. The van der Waals surface area contributed by atoms with E-state index in [0.717, 1.165) is 28.6 Å². The maximum absolute atomic E-state index is 12.7. The van der Waals surface area contributed by atoms with Crippen molar-refractivity contribution in [1.29, 1.82) is 5.26 Å². The normalized spacial score (nSPS) is 14.3. The van der Waals surface area contributed by atoms with Crippen molar-refractivity contribution in [3.8, 4) is 6.07 Å². The number of thiophene rings is 1. The number of amides is 1. The SMILES string of the molecule is Cc1nc(SCC(=O)c2ccc([C@H](C)C(=O)NC3CC3)s2)c2cc(C#N)ccc2n1. The van der Waals surface area contributed by atoms with Crippen LogP contribution in [-0.4, -0.2) is 33.5 Å². The van der Waals surface area contributed by atoms with Crippen molar-refractivity contribution in [2.24, 2.45) is 0 Å². The maximum atomic E-state index is 12.7. The Bertz CT molecular complexity index is 1180. The molecule has 3 aromatic rings. The van der Waals surface area contributed by atoms with Crippen LogP contribution in [0, 0.1) is 18.3 Å². The van der Waals surface area contributed by atoms with E-state index >= 15 is 0 Å². The zero-order chi connectivity index (χ0) is 21.3. The third kappa shape index (κ3) is 4.53. The van der Waals surface area contributed by atoms with Gasteiger partial charge in [-0.25, -0.2) is 9.97 Å². The molecule has 2 aromatic heterocycles. The number of hydrogen-bond donors (Lipinski definition) is 1. The molecule has 4 rings (SSSR count). The van der Waals surface area contributed by atoms with Crippen LogP contribution in [0.25, 0.3) is 10.9 Å². The van der Waals surface area contributed by atoms with Crippen LogP contribution in [0.15, 0.2) is 35.4 Å². The number of rotatable bonds is 7. The van der Waals surface area contributed by atoms with Gasteiger partial charge >= 0.3 is 0 Å². The number of hydrogen-bond acceptors (Lipinski definition) is 7. The average Bonchev–Trinajstić information content (AvgIpc) is 3.42.